The third-order valence-corrected chi connectivity index (χ3v) is 2.59. The molecule has 1 aromatic rings. The van der Waals surface area contributed by atoms with Gasteiger partial charge in [0.15, 0.2) is 0 Å². The average Bonchev–Trinajstić information content (AvgIpc) is 2.35. The van der Waals surface area contributed by atoms with E-state index in [2.05, 4.69) is 0 Å². The molecule has 0 aliphatic heterocycles. The van der Waals surface area contributed by atoms with E-state index in [1.807, 2.05) is 0 Å². The van der Waals surface area contributed by atoms with Crippen molar-refractivity contribution in [3.05, 3.63) is 23.3 Å². The molecule has 5 heteroatoms. The Kier molecular flexibility index (Phi) is 4.34. The van der Waals surface area contributed by atoms with Gasteiger partial charge in [0, 0.05) is 24.2 Å². The molecule has 0 spiro atoms. The zero-order valence-electron chi connectivity index (χ0n) is 10.1. The summed E-state index contributed by atoms with van der Waals surface area (Å²) in [6.45, 7) is 1.71. The molecule has 5 nitrogen and oxygen atoms in total. The first-order valence-electron chi connectivity index (χ1n) is 5.15. The molecule has 0 aliphatic carbocycles. The quantitative estimate of drug-likeness (QED) is 0.815. The van der Waals surface area contributed by atoms with Gasteiger partial charge in [-0.05, 0) is 6.07 Å². The van der Waals surface area contributed by atoms with Gasteiger partial charge in [-0.15, -0.1) is 0 Å². The van der Waals surface area contributed by atoms with Gasteiger partial charge >= 0.3 is 5.97 Å². The topological polar surface area (TPSA) is 76.0 Å². The highest BCUT2D eigenvalue weighted by atomic mass is 16.5. The fourth-order valence-corrected chi connectivity index (χ4v) is 1.57. The number of carboxylic acid groups (broad SMARTS) is 1. The Hall–Kier alpha value is -1.75. The van der Waals surface area contributed by atoms with Gasteiger partial charge in [-0.1, -0.05) is 6.92 Å². The van der Waals surface area contributed by atoms with Crippen molar-refractivity contribution < 1.29 is 24.5 Å². The van der Waals surface area contributed by atoms with Crippen molar-refractivity contribution in [1.29, 1.82) is 0 Å². The minimum Gasteiger partial charge on any atom is -0.496 e. The Morgan fingerprint density at radius 1 is 1.29 bits per heavy atom. The van der Waals surface area contributed by atoms with Crippen LogP contribution in [0.2, 0.25) is 0 Å². The van der Waals surface area contributed by atoms with E-state index in [4.69, 9.17) is 19.7 Å². The van der Waals surface area contributed by atoms with Gasteiger partial charge in [-0.2, -0.15) is 0 Å². The maximum absolute atomic E-state index is 11.1. The first kappa shape index (κ1) is 13.3. The third-order valence-electron chi connectivity index (χ3n) is 2.59. The molecule has 1 rings (SSSR count). The van der Waals surface area contributed by atoms with E-state index in [-0.39, 0.29) is 23.8 Å². The van der Waals surface area contributed by atoms with Crippen LogP contribution in [0, 0.1) is 0 Å². The lowest BCUT2D eigenvalue weighted by atomic mass is 9.98. The molecule has 2 N–H and O–H groups in total. The summed E-state index contributed by atoms with van der Waals surface area (Å²) in [5.74, 6) is -0.526. The normalized spacial score (nSPS) is 12.0. The number of ether oxygens (including phenoxy) is 2. The third kappa shape index (κ3) is 2.68. The van der Waals surface area contributed by atoms with Crippen LogP contribution in [0.4, 0.5) is 0 Å². The second kappa shape index (κ2) is 5.54. The molecule has 0 saturated carbocycles. The summed E-state index contributed by atoms with van der Waals surface area (Å²) in [4.78, 5) is 11.1. The lowest BCUT2D eigenvalue weighted by molar-refractivity contribution is 0.0693. The first-order chi connectivity index (χ1) is 8.04. The minimum absolute atomic E-state index is 0.0589. The summed E-state index contributed by atoms with van der Waals surface area (Å²) < 4.78 is 10.2. The van der Waals surface area contributed by atoms with E-state index in [0.717, 1.165) is 0 Å². The molecule has 0 heterocycles. The van der Waals surface area contributed by atoms with Crippen molar-refractivity contribution in [3.8, 4) is 11.5 Å². The van der Waals surface area contributed by atoms with Crippen LogP contribution in [0.1, 0.15) is 28.8 Å². The van der Waals surface area contributed by atoms with Gasteiger partial charge in [0.2, 0.25) is 0 Å². The van der Waals surface area contributed by atoms with Gasteiger partial charge < -0.3 is 19.7 Å². The molecule has 1 unspecified atom stereocenters. The zero-order chi connectivity index (χ0) is 13.0. The van der Waals surface area contributed by atoms with E-state index < -0.39 is 5.97 Å². The summed E-state index contributed by atoms with van der Waals surface area (Å²) in [5, 5.41) is 18.2. The monoisotopic (exact) mass is 240 g/mol. The fraction of sp³-hybridized carbons (Fsp3) is 0.417. The number of rotatable bonds is 5. The molecular weight excluding hydrogens is 224 g/mol. The van der Waals surface area contributed by atoms with E-state index in [1.54, 1.807) is 6.92 Å². The number of benzene rings is 1. The van der Waals surface area contributed by atoms with Crippen molar-refractivity contribution in [2.24, 2.45) is 0 Å². The molecule has 17 heavy (non-hydrogen) atoms. The van der Waals surface area contributed by atoms with E-state index >= 15 is 0 Å². The average molecular weight is 240 g/mol. The standard InChI is InChI=1S/C12H16O5/c1-7(6-13)8-4-9(12(14)15)11(17-3)5-10(8)16-2/h4-5,7,13H,6H2,1-3H3,(H,14,15). The van der Waals surface area contributed by atoms with Crippen LogP contribution in [0.3, 0.4) is 0 Å². The molecule has 94 valence electrons. The van der Waals surface area contributed by atoms with Crippen molar-refractivity contribution in [2.45, 2.75) is 12.8 Å². The molecular formula is C12H16O5. The number of aliphatic hydroxyl groups is 1. The maximum atomic E-state index is 11.1. The van der Waals surface area contributed by atoms with Gasteiger partial charge in [-0.3, -0.25) is 0 Å². The highest BCUT2D eigenvalue weighted by Gasteiger charge is 2.19. The number of hydrogen-bond acceptors (Lipinski definition) is 4. The van der Waals surface area contributed by atoms with Gasteiger partial charge in [0.25, 0.3) is 0 Å². The Bertz CT molecular complexity index is 414. The maximum Gasteiger partial charge on any atom is 0.339 e. The van der Waals surface area contributed by atoms with Crippen LogP contribution in [-0.4, -0.2) is 37.0 Å². The van der Waals surface area contributed by atoms with Crippen LogP contribution in [-0.2, 0) is 0 Å². The van der Waals surface area contributed by atoms with E-state index in [0.29, 0.717) is 11.3 Å². The second-order valence-electron chi connectivity index (χ2n) is 3.68. The lowest BCUT2D eigenvalue weighted by Gasteiger charge is -2.16. The summed E-state index contributed by atoms with van der Waals surface area (Å²) in [6.07, 6.45) is 0. The van der Waals surface area contributed by atoms with Crippen LogP contribution >= 0.6 is 0 Å². The number of carbonyl (C=O) groups is 1. The lowest BCUT2D eigenvalue weighted by Crippen LogP contribution is -2.07. The Labute approximate surface area is 99.6 Å². The van der Waals surface area contributed by atoms with Crippen LogP contribution < -0.4 is 9.47 Å². The largest absolute Gasteiger partial charge is 0.496 e. The van der Waals surface area contributed by atoms with Crippen molar-refractivity contribution >= 4 is 5.97 Å². The van der Waals surface area contributed by atoms with Crippen molar-refractivity contribution in [1.82, 2.24) is 0 Å². The van der Waals surface area contributed by atoms with Gasteiger partial charge in [-0.25, -0.2) is 4.79 Å². The molecule has 1 atom stereocenters. The second-order valence-corrected chi connectivity index (χ2v) is 3.68. The van der Waals surface area contributed by atoms with E-state index in [9.17, 15) is 4.79 Å². The summed E-state index contributed by atoms with van der Waals surface area (Å²) in [7, 11) is 2.89. The number of carboxylic acids is 1. The Morgan fingerprint density at radius 3 is 2.29 bits per heavy atom. The number of methoxy groups -OCH3 is 2. The highest BCUT2D eigenvalue weighted by molar-refractivity contribution is 5.91. The van der Waals surface area contributed by atoms with Crippen LogP contribution in [0.5, 0.6) is 11.5 Å². The smallest absolute Gasteiger partial charge is 0.339 e. The molecule has 0 aromatic heterocycles. The number of aliphatic hydroxyl groups excluding tert-OH is 1. The molecule has 0 aliphatic rings. The predicted octanol–water partition coefficient (Wildman–Crippen LogP) is 1.50. The predicted molar refractivity (Wildman–Crippen MR) is 62.0 cm³/mol. The molecule has 0 amide bonds. The highest BCUT2D eigenvalue weighted by Crippen LogP contribution is 2.33. The van der Waals surface area contributed by atoms with E-state index in [1.165, 1.54) is 26.4 Å². The molecule has 1 aromatic carbocycles. The van der Waals surface area contributed by atoms with Crippen LogP contribution in [0.15, 0.2) is 12.1 Å². The Balaban J connectivity index is 3.38. The molecule has 0 fully saturated rings. The number of aromatic carboxylic acids is 1. The minimum atomic E-state index is -1.07. The molecule has 0 radical (unpaired) electrons. The fourth-order valence-electron chi connectivity index (χ4n) is 1.57. The summed E-state index contributed by atoms with van der Waals surface area (Å²) in [6, 6.07) is 2.99. The first-order valence-corrected chi connectivity index (χ1v) is 5.15. The molecule has 0 bridgehead atoms. The number of hydrogen-bond donors (Lipinski definition) is 2. The Morgan fingerprint density at radius 2 is 1.88 bits per heavy atom. The zero-order valence-corrected chi connectivity index (χ0v) is 10.1. The summed E-state index contributed by atoms with van der Waals surface area (Å²) >= 11 is 0. The molecule has 0 saturated heterocycles. The summed E-state index contributed by atoms with van der Waals surface area (Å²) in [5.41, 5.74) is 0.705. The van der Waals surface area contributed by atoms with Gasteiger partial charge in [0.1, 0.15) is 17.1 Å². The van der Waals surface area contributed by atoms with Crippen LogP contribution in [0.25, 0.3) is 0 Å². The SMILES string of the molecule is COc1cc(OC)c(C(C)CO)cc1C(=O)O. The van der Waals surface area contributed by atoms with Crippen molar-refractivity contribution in [3.63, 3.8) is 0 Å². The van der Waals surface area contributed by atoms with Gasteiger partial charge in [0.05, 0.1) is 14.2 Å². The van der Waals surface area contributed by atoms with Crippen molar-refractivity contribution in [2.75, 3.05) is 20.8 Å².